The fraction of sp³-hybridized carbons (Fsp3) is 0.200. The van der Waals surface area contributed by atoms with E-state index in [0.717, 1.165) is 12.1 Å². The summed E-state index contributed by atoms with van der Waals surface area (Å²) in [6.45, 7) is 3.64. The quantitative estimate of drug-likeness (QED) is 0.685. The van der Waals surface area contributed by atoms with Crippen molar-refractivity contribution in [3.63, 3.8) is 0 Å². The van der Waals surface area contributed by atoms with Crippen molar-refractivity contribution in [2.75, 3.05) is 17.2 Å². The van der Waals surface area contributed by atoms with Crippen molar-refractivity contribution in [3.05, 3.63) is 65.2 Å². The summed E-state index contributed by atoms with van der Waals surface area (Å²) in [5.74, 6) is -0.462. The molecule has 0 radical (unpaired) electrons. The van der Waals surface area contributed by atoms with E-state index in [9.17, 15) is 22.8 Å². The third-order valence-corrected chi connectivity index (χ3v) is 3.77. The summed E-state index contributed by atoms with van der Waals surface area (Å²) in [7, 11) is 0. The SMILES string of the molecule is CCOC(=O)Nc1cccc(NC(=O)/C=C/c2ccc(C(F)(F)F)cc2)c1C. The molecule has 0 unspecified atom stereocenters. The molecule has 0 saturated heterocycles. The van der Waals surface area contributed by atoms with Crippen molar-refractivity contribution in [1.82, 2.24) is 0 Å². The Morgan fingerprint density at radius 1 is 1.04 bits per heavy atom. The van der Waals surface area contributed by atoms with Gasteiger partial charge in [-0.15, -0.1) is 0 Å². The Hall–Kier alpha value is -3.29. The first-order valence-electron chi connectivity index (χ1n) is 8.40. The van der Waals surface area contributed by atoms with Crippen molar-refractivity contribution in [3.8, 4) is 0 Å². The Kier molecular flexibility index (Phi) is 6.81. The number of nitrogens with one attached hydrogen (secondary N) is 2. The molecule has 28 heavy (non-hydrogen) atoms. The first kappa shape index (κ1) is 21.0. The molecule has 148 valence electrons. The summed E-state index contributed by atoms with van der Waals surface area (Å²) in [6.07, 6.45) is -2.38. The molecule has 0 spiro atoms. The van der Waals surface area contributed by atoms with Crippen LogP contribution in [0.4, 0.5) is 29.3 Å². The van der Waals surface area contributed by atoms with E-state index in [2.05, 4.69) is 10.6 Å². The molecule has 0 aliphatic rings. The second-order valence-corrected chi connectivity index (χ2v) is 5.77. The van der Waals surface area contributed by atoms with Crippen molar-refractivity contribution >= 4 is 29.5 Å². The number of alkyl halides is 3. The van der Waals surface area contributed by atoms with Gasteiger partial charge in [-0.1, -0.05) is 18.2 Å². The molecule has 2 aromatic rings. The number of benzene rings is 2. The third-order valence-electron chi connectivity index (χ3n) is 3.77. The van der Waals surface area contributed by atoms with Crippen LogP contribution in [0.5, 0.6) is 0 Å². The Morgan fingerprint density at radius 3 is 2.21 bits per heavy atom. The molecule has 8 heteroatoms. The van der Waals surface area contributed by atoms with Crippen LogP contribution in [-0.2, 0) is 15.7 Å². The van der Waals surface area contributed by atoms with E-state index in [-0.39, 0.29) is 6.61 Å². The maximum Gasteiger partial charge on any atom is 0.416 e. The fourth-order valence-electron chi connectivity index (χ4n) is 2.31. The monoisotopic (exact) mass is 392 g/mol. The number of hydrogen-bond donors (Lipinski definition) is 2. The molecule has 0 bridgehead atoms. The minimum atomic E-state index is -4.40. The highest BCUT2D eigenvalue weighted by Gasteiger charge is 2.29. The zero-order chi connectivity index (χ0) is 20.7. The number of carbonyl (C=O) groups is 2. The topological polar surface area (TPSA) is 67.4 Å². The van der Waals surface area contributed by atoms with E-state index in [4.69, 9.17) is 4.74 Å². The summed E-state index contributed by atoms with van der Waals surface area (Å²) in [5, 5.41) is 5.24. The Bertz CT molecular complexity index is 875. The highest BCUT2D eigenvalue weighted by molar-refractivity contribution is 6.03. The standard InChI is InChI=1S/C20H19F3N2O3/c1-3-28-19(27)25-17-6-4-5-16(13(17)2)24-18(26)12-9-14-7-10-15(11-8-14)20(21,22)23/h4-12H,3H2,1-2H3,(H,24,26)(H,25,27)/b12-9+. The van der Waals surface area contributed by atoms with Crippen molar-refractivity contribution in [2.24, 2.45) is 0 Å². The van der Waals surface area contributed by atoms with Crippen LogP contribution in [0.25, 0.3) is 6.08 Å². The van der Waals surface area contributed by atoms with Gasteiger partial charge in [0.1, 0.15) is 0 Å². The largest absolute Gasteiger partial charge is 0.450 e. The van der Waals surface area contributed by atoms with Crippen molar-refractivity contribution < 1.29 is 27.5 Å². The number of rotatable bonds is 5. The zero-order valence-corrected chi connectivity index (χ0v) is 15.3. The molecule has 5 nitrogen and oxygen atoms in total. The first-order chi connectivity index (χ1) is 13.2. The van der Waals surface area contributed by atoms with E-state index in [1.165, 1.54) is 24.3 Å². The maximum atomic E-state index is 12.6. The summed E-state index contributed by atoms with van der Waals surface area (Å²) >= 11 is 0. The lowest BCUT2D eigenvalue weighted by Gasteiger charge is -2.12. The number of ether oxygens (including phenoxy) is 1. The average Bonchev–Trinajstić information content (AvgIpc) is 2.63. The van der Waals surface area contributed by atoms with Crippen molar-refractivity contribution in [1.29, 1.82) is 0 Å². The van der Waals surface area contributed by atoms with E-state index >= 15 is 0 Å². The van der Waals surface area contributed by atoms with Gasteiger partial charge in [0.2, 0.25) is 5.91 Å². The first-order valence-corrected chi connectivity index (χ1v) is 8.40. The molecule has 0 fully saturated rings. The van der Waals surface area contributed by atoms with Gasteiger partial charge in [0.25, 0.3) is 0 Å². The normalized spacial score (nSPS) is 11.3. The molecule has 0 saturated carbocycles. The second kappa shape index (κ2) is 9.07. The van der Waals surface area contributed by atoms with Crippen LogP contribution in [0, 0.1) is 6.92 Å². The maximum absolute atomic E-state index is 12.6. The van der Waals surface area contributed by atoms with E-state index in [0.29, 0.717) is 22.5 Å². The minimum absolute atomic E-state index is 0.232. The molecule has 2 N–H and O–H groups in total. The third kappa shape index (κ3) is 5.87. The molecule has 0 aliphatic carbocycles. The number of hydrogen-bond acceptors (Lipinski definition) is 3. The van der Waals surface area contributed by atoms with Gasteiger partial charge in [-0.05, 0) is 55.3 Å². The molecule has 2 aromatic carbocycles. The lowest BCUT2D eigenvalue weighted by Crippen LogP contribution is -2.15. The molecule has 0 aromatic heterocycles. The number of halogens is 3. The lowest BCUT2D eigenvalue weighted by atomic mass is 10.1. The van der Waals surface area contributed by atoms with Crippen LogP contribution < -0.4 is 10.6 Å². The van der Waals surface area contributed by atoms with Crippen LogP contribution in [0.15, 0.2) is 48.5 Å². The van der Waals surface area contributed by atoms with Gasteiger partial charge in [-0.25, -0.2) is 4.79 Å². The predicted octanol–water partition coefficient (Wildman–Crippen LogP) is 5.23. The highest BCUT2D eigenvalue weighted by Crippen LogP contribution is 2.29. The van der Waals surface area contributed by atoms with Gasteiger partial charge < -0.3 is 10.1 Å². The summed E-state index contributed by atoms with van der Waals surface area (Å²) < 4.78 is 42.5. The smallest absolute Gasteiger partial charge is 0.416 e. The van der Waals surface area contributed by atoms with Gasteiger partial charge >= 0.3 is 12.3 Å². The Balaban J connectivity index is 2.04. The second-order valence-electron chi connectivity index (χ2n) is 5.77. The molecule has 0 atom stereocenters. The Morgan fingerprint density at radius 2 is 1.64 bits per heavy atom. The molecular formula is C20H19F3N2O3. The summed E-state index contributed by atoms with van der Waals surface area (Å²) in [4.78, 5) is 23.7. The van der Waals surface area contributed by atoms with Gasteiger partial charge in [0.15, 0.2) is 0 Å². The highest BCUT2D eigenvalue weighted by atomic mass is 19.4. The van der Waals surface area contributed by atoms with E-state index < -0.39 is 23.7 Å². The summed E-state index contributed by atoms with van der Waals surface area (Å²) in [6, 6.07) is 9.45. The molecule has 0 aliphatic heterocycles. The summed E-state index contributed by atoms with van der Waals surface area (Å²) in [5.41, 5.74) is 1.31. The Labute approximate surface area is 160 Å². The van der Waals surface area contributed by atoms with Crippen LogP contribution in [0.1, 0.15) is 23.6 Å². The van der Waals surface area contributed by atoms with Gasteiger partial charge in [-0.3, -0.25) is 10.1 Å². The van der Waals surface area contributed by atoms with Gasteiger partial charge in [0, 0.05) is 17.5 Å². The number of amides is 2. The van der Waals surface area contributed by atoms with E-state index in [1.807, 2.05) is 0 Å². The van der Waals surface area contributed by atoms with Crippen molar-refractivity contribution in [2.45, 2.75) is 20.0 Å². The van der Waals surface area contributed by atoms with Crippen LogP contribution in [0.3, 0.4) is 0 Å². The zero-order valence-electron chi connectivity index (χ0n) is 15.3. The van der Waals surface area contributed by atoms with Crippen LogP contribution in [0.2, 0.25) is 0 Å². The minimum Gasteiger partial charge on any atom is -0.450 e. The lowest BCUT2D eigenvalue weighted by molar-refractivity contribution is -0.137. The average molecular weight is 392 g/mol. The molecule has 0 heterocycles. The van der Waals surface area contributed by atoms with Crippen LogP contribution >= 0.6 is 0 Å². The number of anilines is 2. The predicted molar refractivity (Wildman–Crippen MR) is 101 cm³/mol. The van der Waals surface area contributed by atoms with Gasteiger partial charge in [0.05, 0.1) is 12.2 Å². The number of carbonyl (C=O) groups excluding carboxylic acids is 2. The molecular weight excluding hydrogens is 373 g/mol. The molecule has 2 amide bonds. The van der Waals surface area contributed by atoms with Crippen LogP contribution in [-0.4, -0.2) is 18.6 Å². The molecule has 2 rings (SSSR count). The fourth-order valence-corrected chi connectivity index (χ4v) is 2.31. The van der Waals surface area contributed by atoms with E-state index in [1.54, 1.807) is 32.0 Å². The van der Waals surface area contributed by atoms with Gasteiger partial charge in [-0.2, -0.15) is 13.2 Å².